The van der Waals surface area contributed by atoms with Crippen LogP contribution in [0.25, 0.3) is 0 Å². The number of primary amides is 1. The maximum absolute atomic E-state index is 11.6. The molecule has 10 heteroatoms. The predicted octanol–water partition coefficient (Wildman–Crippen LogP) is 0.0487. The van der Waals surface area contributed by atoms with Crippen LogP contribution in [0.5, 0.6) is 0 Å². The normalized spacial score (nSPS) is 25.5. The van der Waals surface area contributed by atoms with Gasteiger partial charge in [0.1, 0.15) is 0 Å². The molecular formula is C15H30IN5O3S. The lowest BCUT2D eigenvalue weighted by molar-refractivity contribution is -0.119. The first-order valence-electron chi connectivity index (χ1n) is 8.48. The monoisotopic (exact) mass is 487 g/mol. The number of aliphatic imine (C=N–C) groups is 1. The summed E-state index contributed by atoms with van der Waals surface area (Å²) in [5, 5.41) is 3.37. The average molecular weight is 487 g/mol. The van der Waals surface area contributed by atoms with Gasteiger partial charge in [0.25, 0.3) is 0 Å². The van der Waals surface area contributed by atoms with E-state index in [9.17, 15) is 13.2 Å². The van der Waals surface area contributed by atoms with E-state index in [0.29, 0.717) is 32.0 Å². The van der Waals surface area contributed by atoms with Gasteiger partial charge in [-0.1, -0.05) is 0 Å². The molecule has 2 aliphatic rings. The van der Waals surface area contributed by atoms with E-state index in [0.717, 1.165) is 38.3 Å². The van der Waals surface area contributed by atoms with Crippen molar-refractivity contribution < 1.29 is 13.2 Å². The molecule has 0 saturated carbocycles. The molecule has 2 unspecified atom stereocenters. The average Bonchev–Trinajstić information content (AvgIpc) is 2.97. The van der Waals surface area contributed by atoms with Crippen molar-refractivity contribution in [2.75, 3.05) is 46.0 Å². The van der Waals surface area contributed by atoms with Crippen LogP contribution in [-0.2, 0) is 14.8 Å². The Morgan fingerprint density at radius 2 is 1.96 bits per heavy atom. The number of likely N-dealkylation sites (tertiary alicyclic amines) is 1. The molecule has 0 spiro atoms. The quantitative estimate of drug-likeness (QED) is 0.324. The number of hydrogen-bond donors (Lipinski definition) is 2. The number of guanidine groups is 1. The second-order valence-corrected chi connectivity index (χ2v) is 8.81. The number of nitrogens with zero attached hydrogens (tertiary/aromatic N) is 3. The zero-order chi connectivity index (χ0) is 17.7. The first kappa shape index (κ1) is 22.4. The third kappa shape index (κ3) is 6.89. The van der Waals surface area contributed by atoms with Gasteiger partial charge in [-0.2, -0.15) is 0 Å². The summed E-state index contributed by atoms with van der Waals surface area (Å²) < 4.78 is 24.7. The Morgan fingerprint density at radius 1 is 1.24 bits per heavy atom. The van der Waals surface area contributed by atoms with Crippen molar-refractivity contribution in [1.29, 1.82) is 0 Å². The standard InChI is InChI=1S/C15H29N5O3S.HI/c1-17-15(19-6-3-4-12(10-19)8-14(16)21)18-9-13-5-7-20(11-13)24(2,22)23;/h12-13H,3-11H2,1-2H3,(H2,16,21)(H,17,18);1H. The summed E-state index contributed by atoms with van der Waals surface area (Å²) in [5.41, 5.74) is 5.31. The van der Waals surface area contributed by atoms with Crippen LogP contribution < -0.4 is 11.1 Å². The zero-order valence-corrected chi connectivity index (χ0v) is 18.1. The summed E-state index contributed by atoms with van der Waals surface area (Å²) in [5.74, 6) is 1.14. The third-order valence-electron chi connectivity index (χ3n) is 4.79. The highest BCUT2D eigenvalue weighted by molar-refractivity contribution is 14.0. The minimum Gasteiger partial charge on any atom is -0.370 e. The molecule has 2 saturated heterocycles. The van der Waals surface area contributed by atoms with Crippen molar-refractivity contribution >= 4 is 45.9 Å². The molecule has 146 valence electrons. The van der Waals surface area contributed by atoms with Crippen LogP contribution in [0.15, 0.2) is 4.99 Å². The lowest BCUT2D eigenvalue weighted by Gasteiger charge is -2.35. The van der Waals surface area contributed by atoms with Crippen molar-refractivity contribution in [2.24, 2.45) is 22.6 Å². The van der Waals surface area contributed by atoms with Gasteiger partial charge in [0.2, 0.25) is 15.9 Å². The summed E-state index contributed by atoms with van der Waals surface area (Å²) in [6.07, 6.45) is 4.57. The zero-order valence-electron chi connectivity index (χ0n) is 15.0. The van der Waals surface area contributed by atoms with Gasteiger partial charge in [0, 0.05) is 46.2 Å². The number of halogens is 1. The van der Waals surface area contributed by atoms with Gasteiger partial charge < -0.3 is 16.0 Å². The van der Waals surface area contributed by atoms with Gasteiger partial charge in [-0.05, 0) is 31.1 Å². The lowest BCUT2D eigenvalue weighted by Crippen LogP contribution is -2.48. The molecule has 0 aromatic rings. The van der Waals surface area contributed by atoms with Crippen LogP contribution >= 0.6 is 24.0 Å². The summed E-state index contributed by atoms with van der Waals surface area (Å²) in [6, 6.07) is 0. The van der Waals surface area contributed by atoms with Gasteiger partial charge in [-0.3, -0.25) is 9.79 Å². The van der Waals surface area contributed by atoms with Crippen molar-refractivity contribution in [3.05, 3.63) is 0 Å². The van der Waals surface area contributed by atoms with Gasteiger partial charge in [-0.15, -0.1) is 24.0 Å². The molecule has 0 aromatic heterocycles. The summed E-state index contributed by atoms with van der Waals surface area (Å²) in [7, 11) is -1.35. The number of rotatable bonds is 5. The summed E-state index contributed by atoms with van der Waals surface area (Å²) in [6.45, 7) is 3.55. The molecule has 8 nitrogen and oxygen atoms in total. The number of piperidine rings is 1. The number of carbonyl (C=O) groups is 1. The SMILES string of the molecule is CN=C(NCC1CCN(S(C)(=O)=O)C1)N1CCCC(CC(N)=O)C1.I. The van der Waals surface area contributed by atoms with Gasteiger partial charge >= 0.3 is 0 Å². The Labute approximate surface area is 167 Å². The maximum atomic E-state index is 11.6. The molecule has 2 fully saturated rings. The molecular weight excluding hydrogens is 457 g/mol. The van der Waals surface area contributed by atoms with E-state index in [1.807, 2.05) is 0 Å². The van der Waals surface area contributed by atoms with Crippen molar-refractivity contribution in [1.82, 2.24) is 14.5 Å². The number of hydrogen-bond acceptors (Lipinski definition) is 4. The molecule has 3 N–H and O–H groups in total. The van der Waals surface area contributed by atoms with E-state index in [1.165, 1.54) is 10.6 Å². The highest BCUT2D eigenvalue weighted by atomic mass is 127. The molecule has 2 aliphatic heterocycles. The molecule has 2 atom stereocenters. The van der Waals surface area contributed by atoms with Crippen LogP contribution in [0.3, 0.4) is 0 Å². The van der Waals surface area contributed by atoms with Crippen molar-refractivity contribution in [3.63, 3.8) is 0 Å². The Morgan fingerprint density at radius 3 is 2.52 bits per heavy atom. The molecule has 0 radical (unpaired) electrons. The van der Waals surface area contributed by atoms with E-state index in [-0.39, 0.29) is 35.8 Å². The number of nitrogens with two attached hydrogens (primary N) is 1. The number of nitrogens with one attached hydrogen (secondary N) is 1. The van der Waals surface area contributed by atoms with E-state index < -0.39 is 10.0 Å². The topological polar surface area (TPSA) is 108 Å². The Balaban J connectivity index is 0.00000312. The lowest BCUT2D eigenvalue weighted by atomic mass is 9.95. The third-order valence-corrected chi connectivity index (χ3v) is 6.06. The molecule has 0 bridgehead atoms. The van der Waals surface area contributed by atoms with Gasteiger partial charge in [0.05, 0.1) is 6.26 Å². The van der Waals surface area contributed by atoms with E-state index in [4.69, 9.17) is 5.73 Å². The molecule has 25 heavy (non-hydrogen) atoms. The van der Waals surface area contributed by atoms with E-state index in [2.05, 4.69) is 15.2 Å². The minimum absolute atomic E-state index is 0. The van der Waals surface area contributed by atoms with E-state index in [1.54, 1.807) is 7.05 Å². The van der Waals surface area contributed by atoms with Crippen LogP contribution in [-0.4, -0.2) is 75.5 Å². The van der Waals surface area contributed by atoms with Crippen molar-refractivity contribution in [3.8, 4) is 0 Å². The van der Waals surface area contributed by atoms with Crippen LogP contribution in [0.1, 0.15) is 25.7 Å². The fourth-order valence-corrected chi connectivity index (χ4v) is 4.46. The van der Waals surface area contributed by atoms with Gasteiger partial charge in [-0.25, -0.2) is 12.7 Å². The molecule has 2 rings (SSSR count). The first-order chi connectivity index (χ1) is 11.3. The van der Waals surface area contributed by atoms with Crippen LogP contribution in [0.2, 0.25) is 0 Å². The number of sulfonamides is 1. The van der Waals surface area contributed by atoms with E-state index >= 15 is 0 Å². The molecule has 1 amide bonds. The highest BCUT2D eigenvalue weighted by Gasteiger charge is 2.29. The highest BCUT2D eigenvalue weighted by Crippen LogP contribution is 2.20. The van der Waals surface area contributed by atoms with Crippen LogP contribution in [0.4, 0.5) is 0 Å². The largest absolute Gasteiger partial charge is 0.370 e. The second kappa shape index (κ2) is 9.91. The first-order valence-corrected chi connectivity index (χ1v) is 10.3. The molecule has 0 aromatic carbocycles. The summed E-state index contributed by atoms with van der Waals surface area (Å²) >= 11 is 0. The Kier molecular flexibility index (Phi) is 8.89. The van der Waals surface area contributed by atoms with Crippen molar-refractivity contribution in [2.45, 2.75) is 25.7 Å². The molecule has 2 heterocycles. The smallest absolute Gasteiger partial charge is 0.217 e. The molecule has 0 aliphatic carbocycles. The number of amides is 1. The predicted molar refractivity (Wildman–Crippen MR) is 109 cm³/mol. The van der Waals surface area contributed by atoms with Crippen LogP contribution in [0, 0.1) is 11.8 Å². The van der Waals surface area contributed by atoms with Gasteiger partial charge in [0.15, 0.2) is 5.96 Å². The number of carbonyl (C=O) groups excluding carboxylic acids is 1. The minimum atomic E-state index is -3.10. The fourth-order valence-electron chi connectivity index (χ4n) is 3.54. The summed E-state index contributed by atoms with van der Waals surface area (Å²) in [4.78, 5) is 17.6. The fraction of sp³-hybridized carbons (Fsp3) is 0.867. The Hall–Kier alpha value is -0.620. The second-order valence-electron chi connectivity index (χ2n) is 6.83. The Bertz CT molecular complexity index is 584. The maximum Gasteiger partial charge on any atom is 0.217 e.